The van der Waals surface area contributed by atoms with Crippen molar-refractivity contribution in [3.05, 3.63) is 33.8 Å². The molecule has 0 aromatic heterocycles. The minimum Gasteiger partial charge on any atom is -0.479 e. The number of halogens is 2. The molecule has 2 nitrogen and oxygen atoms in total. The van der Waals surface area contributed by atoms with E-state index in [1.54, 1.807) is 6.07 Å². The quantitative estimate of drug-likeness (QED) is 0.916. The van der Waals surface area contributed by atoms with Gasteiger partial charge in [-0.2, -0.15) is 0 Å². The maximum absolute atomic E-state index is 13.2. The molecule has 0 radical (unpaired) electrons. The summed E-state index contributed by atoms with van der Waals surface area (Å²) >= 11 is 3.33. The number of hydrogen-bond donors (Lipinski definition) is 1. The van der Waals surface area contributed by atoms with Crippen LogP contribution < -0.4 is 0 Å². The lowest BCUT2D eigenvalue weighted by molar-refractivity contribution is -0.143. The summed E-state index contributed by atoms with van der Waals surface area (Å²) in [6, 6.07) is 4.84. The van der Waals surface area contributed by atoms with E-state index in [1.165, 1.54) is 12.1 Å². The van der Waals surface area contributed by atoms with Crippen LogP contribution in [0.4, 0.5) is 4.39 Å². The average Bonchev–Trinajstić information content (AvgIpc) is 2.19. The molecule has 0 amide bonds. The Bertz CT molecular complexity index is 391. The zero-order valence-corrected chi connectivity index (χ0v) is 10.8. The number of carboxylic acid groups (broad SMARTS) is 1. The van der Waals surface area contributed by atoms with E-state index in [0.29, 0.717) is 5.92 Å². The molecule has 0 spiro atoms. The number of benzene rings is 1. The van der Waals surface area contributed by atoms with Crippen molar-refractivity contribution in [1.82, 2.24) is 0 Å². The molecular formula is C12H14BrFO2. The van der Waals surface area contributed by atoms with Crippen molar-refractivity contribution in [2.75, 3.05) is 0 Å². The highest BCUT2D eigenvalue weighted by atomic mass is 79.9. The summed E-state index contributed by atoms with van der Waals surface area (Å²) in [5.74, 6) is -0.952. The number of carboxylic acids is 1. The van der Waals surface area contributed by atoms with Crippen molar-refractivity contribution < 1.29 is 14.3 Å². The minimum absolute atomic E-state index is 0.173. The van der Waals surface area contributed by atoms with Crippen molar-refractivity contribution >= 4 is 21.9 Å². The van der Waals surface area contributed by atoms with E-state index < -0.39 is 12.1 Å². The fourth-order valence-corrected chi connectivity index (χ4v) is 2.03. The number of carbonyl (C=O) groups is 1. The summed E-state index contributed by atoms with van der Waals surface area (Å²) in [6.07, 6.45) is -1.07. The standard InChI is InChI=1S/C12H14BrFO2/c1-7(2)5-8-3-4-9(6-10(8)13)11(14)12(15)16/h3-4,6-7,11H,5H2,1-2H3,(H,15,16). The Morgan fingerprint density at radius 2 is 2.12 bits per heavy atom. The van der Waals surface area contributed by atoms with Crippen molar-refractivity contribution in [2.24, 2.45) is 5.92 Å². The van der Waals surface area contributed by atoms with E-state index in [2.05, 4.69) is 29.8 Å². The van der Waals surface area contributed by atoms with Crippen LogP contribution in [0.15, 0.2) is 22.7 Å². The zero-order chi connectivity index (χ0) is 12.3. The lowest BCUT2D eigenvalue weighted by Crippen LogP contribution is -2.06. The van der Waals surface area contributed by atoms with E-state index in [4.69, 9.17) is 5.11 Å². The SMILES string of the molecule is CC(C)Cc1ccc(C(F)C(=O)O)cc1Br. The Kier molecular flexibility index (Phi) is 4.47. The zero-order valence-electron chi connectivity index (χ0n) is 9.21. The average molecular weight is 289 g/mol. The largest absolute Gasteiger partial charge is 0.479 e. The number of rotatable bonds is 4. The Labute approximate surface area is 103 Å². The molecule has 0 saturated heterocycles. The maximum atomic E-state index is 13.2. The molecule has 16 heavy (non-hydrogen) atoms. The lowest BCUT2D eigenvalue weighted by Gasteiger charge is -2.10. The van der Waals surface area contributed by atoms with Gasteiger partial charge in [-0.25, -0.2) is 9.18 Å². The van der Waals surface area contributed by atoms with Crippen LogP contribution in [-0.4, -0.2) is 11.1 Å². The van der Waals surface area contributed by atoms with Crippen molar-refractivity contribution in [3.63, 3.8) is 0 Å². The van der Waals surface area contributed by atoms with E-state index in [9.17, 15) is 9.18 Å². The number of aliphatic carboxylic acids is 1. The van der Waals surface area contributed by atoms with Gasteiger partial charge in [0.1, 0.15) is 0 Å². The first-order valence-corrected chi connectivity index (χ1v) is 5.86. The van der Waals surface area contributed by atoms with E-state index >= 15 is 0 Å². The molecular weight excluding hydrogens is 275 g/mol. The van der Waals surface area contributed by atoms with Gasteiger partial charge in [0.25, 0.3) is 0 Å². The van der Waals surface area contributed by atoms with Crippen LogP contribution >= 0.6 is 15.9 Å². The summed E-state index contributed by atoms with van der Waals surface area (Å²) in [5, 5.41) is 8.55. The van der Waals surface area contributed by atoms with Gasteiger partial charge in [0.15, 0.2) is 0 Å². The highest BCUT2D eigenvalue weighted by Crippen LogP contribution is 2.26. The molecule has 0 bridgehead atoms. The molecule has 0 aliphatic heterocycles. The number of hydrogen-bond acceptors (Lipinski definition) is 1. The third-order valence-electron chi connectivity index (χ3n) is 2.21. The lowest BCUT2D eigenvalue weighted by atomic mass is 10.0. The molecule has 1 aromatic carbocycles. The van der Waals surface area contributed by atoms with Crippen LogP contribution in [0.3, 0.4) is 0 Å². The highest BCUT2D eigenvalue weighted by molar-refractivity contribution is 9.10. The molecule has 1 atom stereocenters. The molecule has 1 rings (SSSR count). The van der Waals surface area contributed by atoms with E-state index in [1.807, 2.05) is 0 Å². The van der Waals surface area contributed by atoms with Crippen LogP contribution in [0.2, 0.25) is 0 Å². The van der Waals surface area contributed by atoms with Gasteiger partial charge in [0, 0.05) is 4.47 Å². The molecule has 1 N–H and O–H groups in total. The van der Waals surface area contributed by atoms with Crippen LogP contribution in [0.1, 0.15) is 31.1 Å². The molecule has 1 aromatic rings. The van der Waals surface area contributed by atoms with Crippen molar-refractivity contribution in [2.45, 2.75) is 26.4 Å². The molecule has 88 valence electrons. The molecule has 4 heteroatoms. The Hall–Kier alpha value is -0.900. The molecule has 0 aliphatic rings. The smallest absolute Gasteiger partial charge is 0.343 e. The maximum Gasteiger partial charge on any atom is 0.343 e. The summed E-state index contributed by atoms with van der Waals surface area (Å²) in [5.41, 5.74) is 1.24. The van der Waals surface area contributed by atoms with Gasteiger partial charge in [-0.3, -0.25) is 0 Å². The summed E-state index contributed by atoms with van der Waals surface area (Å²) < 4.78 is 14.0. The molecule has 0 saturated carbocycles. The van der Waals surface area contributed by atoms with Gasteiger partial charge in [-0.05, 0) is 29.5 Å². The first kappa shape index (κ1) is 13.2. The van der Waals surface area contributed by atoms with Gasteiger partial charge in [0.05, 0.1) is 0 Å². The van der Waals surface area contributed by atoms with Crippen LogP contribution in [0, 0.1) is 5.92 Å². The van der Waals surface area contributed by atoms with Gasteiger partial charge in [0.2, 0.25) is 6.17 Å². The molecule has 0 heterocycles. The topological polar surface area (TPSA) is 37.3 Å². The number of alkyl halides is 1. The van der Waals surface area contributed by atoms with Gasteiger partial charge < -0.3 is 5.11 Å². The first-order chi connectivity index (χ1) is 7.41. The summed E-state index contributed by atoms with van der Waals surface area (Å²) in [6.45, 7) is 4.19. The van der Waals surface area contributed by atoms with E-state index in [-0.39, 0.29) is 5.56 Å². The first-order valence-electron chi connectivity index (χ1n) is 5.07. The Balaban J connectivity index is 2.95. The van der Waals surface area contributed by atoms with Crippen LogP contribution in [0.25, 0.3) is 0 Å². The molecule has 0 fully saturated rings. The fourth-order valence-electron chi connectivity index (χ4n) is 1.47. The van der Waals surface area contributed by atoms with Gasteiger partial charge >= 0.3 is 5.97 Å². The second-order valence-electron chi connectivity index (χ2n) is 4.15. The van der Waals surface area contributed by atoms with Crippen molar-refractivity contribution in [3.8, 4) is 0 Å². The van der Waals surface area contributed by atoms with E-state index in [0.717, 1.165) is 16.5 Å². The predicted octanol–water partition coefficient (Wildman–Crippen LogP) is 3.74. The third kappa shape index (κ3) is 3.30. The fraction of sp³-hybridized carbons (Fsp3) is 0.417. The van der Waals surface area contributed by atoms with Crippen molar-refractivity contribution in [1.29, 1.82) is 0 Å². The third-order valence-corrected chi connectivity index (χ3v) is 2.95. The Morgan fingerprint density at radius 3 is 2.56 bits per heavy atom. The normalized spacial score (nSPS) is 12.8. The highest BCUT2D eigenvalue weighted by Gasteiger charge is 2.19. The Morgan fingerprint density at radius 1 is 1.50 bits per heavy atom. The predicted molar refractivity (Wildman–Crippen MR) is 64.2 cm³/mol. The van der Waals surface area contributed by atoms with Gasteiger partial charge in [-0.1, -0.05) is 41.9 Å². The summed E-state index contributed by atoms with van der Waals surface area (Å²) in [4.78, 5) is 10.5. The second kappa shape index (κ2) is 5.43. The molecule has 1 unspecified atom stereocenters. The van der Waals surface area contributed by atoms with Gasteiger partial charge in [-0.15, -0.1) is 0 Å². The second-order valence-corrected chi connectivity index (χ2v) is 5.00. The van der Waals surface area contributed by atoms with Crippen LogP contribution in [-0.2, 0) is 11.2 Å². The minimum atomic E-state index is -1.95. The van der Waals surface area contributed by atoms with Crippen LogP contribution in [0.5, 0.6) is 0 Å². The summed E-state index contributed by atoms with van der Waals surface area (Å²) in [7, 11) is 0. The monoisotopic (exact) mass is 288 g/mol. The molecule has 0 aliphatic carbocycles.